The van der Waals surface area contributed by atoms with Gasteiger partial charge in [-0.3, -0.25) is 4.90 Å². The van der Waals surface area contributed by atoms with Gasteiger partial charge in [0.05, 0.1) is 12.2 Å². The maximum Gasteiger partial charge on any atom is 0.226 e. The zero-order chi connectivity index (χ0) is 30.9. The Kier molecular flexibility index (Phi) is 21.1. The van der Waals surface area contributed by atoms with Crippen LogP contribution in [0.5, 0.6) is 0 Å². The van der Waals surface area contributed by atoms with Gasteiger partial charge >= 0.3 is 0 Å². The number of hydrogen-bond acceptors (Lipinski definition) is 9. The van der Waals surface area contributed by atoms with Crippen LogP contribution in [0.15, 0.2) is 0 Å². The fourth-order valence-electron chi connectivity index (χ4n) is 5.58. The van der Waals surface area contributed by atoms with Crippen LogP contribution < -0.4 is 0 Å². The Labute approximate surface area is 266 Å². The van der Waals surface area contributed by atoms with Crippen LogP contribution in [0.3, 0.4) is 0 Å². The molecule has 5 aliphatic heterocycles. The summed E-state index contributed by atoms with van der Waals surface area (Å²) in [5.74, 6) is 0. The van der Waals surface area contributed by atoms with E-state index in [0.29, 0.717) is 6.04 Å². The Balaban J connectivity index is 0.000000269. The molecule has 10 heteroatoms. The highest BCUT2D eigenvalue weighted by Crippen LogP contribution is 2.27. The van der Waals surface area contributed by atoms with Crippen molar-refractivity contribution in [2.75, 3.05) is 133 Å². The Bertz CT molecular complexity index is 682. The fraction of sp³-hybridized carbons (Fsp3) is 0.970. The smallest absolute Gasteiger partial charge is 0.226 e. The Morgan fingerprint density at radius 1 is 0.558 bits per heavy atom. The topological polar surface area (TPSA) is 67.5 Å². The van der Waals surface area contributed by atoms with Crippen LogP contribution in [0.4, 0.5) is 0 Å². The van der Waals surface area contributed by atoms with Gasteiger partial charge in [0.25, 0.3) is 0 Å². The van der Waals surface area contributed by atoms with Crippen molar-refractivity contribution in [2.24, 2.45) is 0 Å². The molecule has 0 spiro atoms. The minimum absolute atomic E-state index is 0. The van der Waals surface area contributed by atoms with Crippen molar-refractivity contribution in [3.8, 4) is 0 Å². The second-order valence-electron chi connectivity index (χ2n) is 13.4. The van der Waals surface area contributed by atoms with Crippen LogP contribution >= 0.6 is 0 Å². The van der Waals surface area contributed by atoms with Gasteiger partial charge in [0, 0.05) is 111 Å². The fourth-order valence-corrected chi connectivity index (χ4v) is 5.58. The number of nitrogens with zero attached hydrogens (tertiary/aromatic N) is 8. The second kappa shape index (κ2) is 22.6. The summed E-state index contributed by atoms with van der Waals surface area (Å²) in [4.78, 5) is 20.0. The molecule has 5 saturated heterocycles. The van der Waals surface area contributed by atoms with Crippen molar-refractivity contribution in [1.82, 2.24) is 34.3 Å². The molecular weight excluding hydrogens is 540 g/mol. The lowest BCUT2D eigenvalue weighted by molar-refractivity contribution is 0.0196. The van der Waals surface area contributed by atoms with Crippen LogP contribution in [-0.4, -0.2) is 202 Å². The van der Waals surface area contributed by atoms with Crippen LogP contribution in [0.2, 0.25) is 0 Å². The lowest BCUT2D eigenvalue weighted by atomic mass is 10.1. The Morgan fingerprint density at radius 2 is 0.977 bits per heavy atom. The third-order valence-electron chi connectivity index (χ3n) is 9.25. The number of piperidine rings is 2. The van der Waals surface area contributed by atoms with Crippen LogP contribution in [0, 0.1) is 6.57 Å². The van der Waals surface area contributed by atoms with E-state index in [-0.39, 0.29) is 19.6 Å². The summed E-state index contributed by atoms with van der Waals surface area (Å²) in [5, 5.41) is 17.6. The number of likely N-dealkylation sites (N-methyl/N-ethyl adjacent to an activating group) is 4. The number of aliphatic hydroxyl groups is 2. The zero-order valence-electron chi connectivity index (χ0n) is 28.1. The van der Waals surface area contributed by atoms with Crippen molar-refractivity contribution in [3.05, 3.63) is 11.4 Å². The summed E-state index contributed by atoms with van der Waals surface area (Å²) in [5.41, 5.74) is 0. The van der Waals surface area contributed by atoms with Crippen LogP contribution in [-0.2, 0) is 0 Å². The average Bonchev–Trinajstić information content (AvgIpc) is 3.83. The first kappa shape index (κ1) is 40.2. The quantitative estimate of drug-likeness (QED) is 0.455. The maximum absolute atomic E-state index is 9.00. The van der Waals surface area contributed by atoms with Gasteiger partial charge < -0.3 is 44.5 Å². The number of piperazine rings is 2. The minimum atomic E-state index is -0.0324. The average molecular weight is 611 g/mol. The molecule has 0 aromatic rings. The number of aliphatic hydroxyl groups excluding tert-OH is 2. The normalized spacial score (nSPS) is 25.9. The molecule has 10 nitrogen and oxygen atoms in total. The van der Waals surface area contributed by atoms with Gasteiger partial charge in [0.15, 0.2) is 0 Å². The first-order valence-corrected chi connectivity index (χ1v) is 16.7. The summed E-state index contributed by atoms with van der Waals surface area (Å²) in [7, 11) is 10.6. The monoisotopic (exact) mass is 611 g/mol. The molecule has 0 unspecified atom stereocenters. The van der Waals surface area contributed by atoms with Crippen molar-refractivity contribution in [2.45, 2.75) is 77.2 Å². The van der Waals surface area contributed by atoms with Crippen LogP contribution in [0.25, 0.3) is 4.85 Å². The molecule has 0 aromatic carbocycles. The highest BCUT2D eigenvalue weighted by atomic mass is 16.3. The van der Waals surface area contributed by atoms with E-state index in [9.17, 15) is 0 Å². The third kappa shape index (κ3) is 18.6. The summed E-state index contributed by atoms with van der Waals surface area (Å²) in [6.07, 6.45) is 6.92. The van der Waals surface area contributed by atoms with E-state index in [1.807, 2.05) is 7.05 Å². The molecule has 5 heterocycles. The maximum atomic E-state index is 9.00. The summed E-state index contributed by atoms with van der Waals surface area (Å²) < 4.78 is 0. The molecule has 6 aliphatic rings. The predicted molar refractivity (Wildman–Crippen MR) is 182 cm³/mol. The Hall–Kier alpha value is -0.870. The SMILES string of the molecule is C.CCN1CCN(C)CC1.CN1CC(O)C1.CN1CCC(O)CC1.CN1CCN(C2CC2)CC1.[C-]#[N+]C1CCN(C)CC1. The lowest BCUT2D eigenvalue weighted by Crippen LogP contribution is -2.47. The predicted octanol–water partition coefficient (Wildman–Crippen LogP) is 1.65. The van der Waals surface area contributed by atoms with Gasteiger partial charge in [-0.1, -0.05) is 14.4 Å². The minimum Gasteiger partial charge on any atom is -0.393 e. The summed E-state index contributed by atoms with van der Waals surface area (Å²) in [6, 6.07) is 1.30. The van der Waals surface area contributed by atoms with Crippen molar-refractivity contribution in [1.29, 1.82) is 0 Å². The molecule has 0 amide bonds. The van der Waals surface area contributed by atoms with Crippen LogP contribution in [0.1, 0.15) is 52.9 Å². The summed E-state index contributed by atoms with van der Waals surface area (Å²) >= 11 is 0. The largest absolute Gasteiger partial charge is 0.393 e. The van der Waals surface area contributed by atoms with Crippen molar-refractivity contribution in [3.63, 3.8) is 0 Å². The van der Waals surface area contributed by atoms with Crippen molar-refractivity contribution >= 4 is 0 Å². The molecule has 0 radical (unpaired) electrons. The molecule has 6 fully saturated rings. The first-order chi connectivity index (χ1) is 20.1. The van der Waals surface area contributed by atoms with Gasteiger partial charge in [0.1, 0.15) is 0 Å². The molecule has 0 bridgehead atoms. The standard InChI is InChI=1S/C8H16N2.C7H12N2.C7H16N2.C6H13NO.C4H9NO.CH4/c1-9-4-6-10(7-5-9)8-2-3-8;1-8-7-3-5-9(2)6-4-7;1-3-9-6-4-8(2)5-7-9;1-7-4-2-6(8)3-5-7;1-5-2-4(6)3-5;/h8H,2-7H2,1H3;7H,3-6H2,2H3;3-7H2,1-2H3;6,8H,2-5H2,1H3;4,6H,2-3H2,1H3;1H4. The first-order valence-electron chi connectivity index (χ1n) is 16.7. The van der Waals surface area contributed by atoms with Gasteiger partial charge in [0.2, 0.25) is 6.04 Å². The zero-order valence-corrected chi connectivity index (χ0v) is 28.1. The van der Waals surface area contributed by atoms with E-state index in [2.05, 4.69) is 74.3 Å². The van der Waals surface area contributed by atoms with Gasteiger partial charge in [-0.2, -0.15) is 0 Å². The molecule has 6 rings (SSSR count). The molecule has 2 N–H and O–H groups in total. The number of hydrogen-bond donors (Lipinski definition) is 2. The van der Waals surface area contributed by atoms with Crippen molar-refractivity contribution < 1.29 is 10.2 Å². The van der Waals surface area contributed by atoms with E-state index in [0.717, 1.165) is 71.0 Å². The molecule has 1 aliphatic carbocycles. The number of β-amino-alcohol motifs (C(OH)–C–C–N with tert-alkyl or cyclic N) is 1. The lowest BCUT2D eigenvalue weighted by Gasteiger charge is -2.32. The molecule has 0 atom stereocenters. The molecule has 43 heavy (non-hydrogen) atoms. The molecule has 0 aromatic heterocycles. The second-order valence-corrected chi connectivity index (χ2v) is 13.4. The number of rotatable bonds is 2. The van der Waals surface area contributed by atoms with Gasteiger partial charge in [-0.05, 0) is 67.5 Å². The molecule has 254 valence electrons. The number of likely N-dealkylation sites (tertiary alicyclic amines) is 3. The van der Waals surface area contributed by atoms with E-state index in [1.165, 1.54) is 71.7 Å². The highest BCUT2D eigenvalue weighted by molar-refractivity contribution is 4.87. The van der Waals surface area contributed by atoms with E-state index in [1.54, 1.807) is 0 Å². The van der Waals surface area contributed by atoms with Gasteiger partial charge in [-0.25, -0.2) is 6.57 Å². The van der Waals surface area contributed by atoms with E-state index >= 15 is 0 Å². The van der Waals surface area contributed by atoms with E-state index < -0.39 is 0 Å². The van der Waals surface area contributed by atoms with E-state index in [4.69, 9.17) is 16.8 Å². The molecule has 1 saturated carbocycles. The molecular formula is C33H70N8O2. The third-order valence-corrected chi connectivity index (χ3v) is 9.25. The highest BCUT2D eigenvalue weighted by Gasteiger charge is 2.30. The summed E-state index contributed by atoms with van der Waals surface area (Å²) in [6.45, 7) is 26.4. The Morgan fingerprint density at radius 3 is 1.30 bits per heavy atom. The van der Waals surface area contributed by atoms with Gasteiger partial charge in [-0.15, -0.1) is 0 Å².